The smallest absolute Gasteiger partial charge is 0.387 e. The lowest BCUT2D eigenvalue weighted by Crippen LogP contribution is -2.51. The zero-order valence-corrected chi connectivity index (χ0v) is 21.0. The number of halogens is 3. The van der Waals surface area contributed by atoms with E-state index >= 15 is 0 Å². The van der Waals surface area contributed by atoms with Crippen molar-refractivity contribution in [3.05, 3.63) is 40.3 Å². The number of rotatable bonds is 8. The van der Waals surface area contributed by atoms with Gasteiger partial charge in [0.05, 0.1) is 5.01 Å². The number of aromatic nitrogens is 1. The number of ether oxygens (including phenoxy) is 1. The molecule has 0 bridgehead atoms. The number of anilines is 1. The van der Waals surface area contributed by atoms with E-state index in [0.29, 0.717) is 0 Å². The van der Waals surface area contributed by atoms with E-state index < -0.39 is 6.61 Å². The van der Waals surface area contributed by atoms with Crippen LogP contribution in [-0.4, -0.2) is 50.3 Å². The lowest BCUT2D eigenvalue weighted by atomic mass is 10.0. The maximum atomic E-state index is 12.3. The van der Waals surface area contributed by atoms with Crippen molar-refractivity contribution in [1.29, 1.82) is 0 Å². The van der Waals surface area contributed by atoms with Gasteiger partial charge in [-0.05, 0) is 43.5 Å². The van der Waals surface area contributed by atoms with Crippen LogP contribution < -0.4 is 20.3 Å². The first-order chi connectivity index (χ1) is 14.6. The minimum Gasteiger partial charge on any atom is -0.435 e. The Morgan fingerprint density at radius 3 is 2.77 bits per heavy atom. The Hall–Kier alpha value is -1.69. The topological polar surface area (TPSA) is 61.8 Å². The molecule has 0 spiro atoms. The molecule has 2 heterocycles. The van der Waals surface area contributed by atoms with Crippen molar-refractivity contribution in [2.75, 3.05) is 31.6 Å². The van der Waals surface area contributed by atoms with Crippen LogP contribution in [-0.2, 0) is 12.8 Å². The van der Waals surface area contributed by atoms with Crippen LogP contribution in [0.2, 0.25) is 0 Å². The second-order valence-corrected chi connectivity index (χ2v) is 8.32. The van der Waals surface area contributed by atoms with Gasteiger partial charge in [0.2, 0.25) is 0 Å². The fourth-order valence-corrected chi connectivity index (χ4v) is 4.33. The Morgan fingerprint density at radius 2 is 2.13 bits per heavy atom. The summed E-state index contributed by atoms with van der Waals surface area (Å²) >= 11 is 1.76. The summed E-state index contributed by atoms with van der Waals surface area (Å²) in [6.45, 7) is 1.87. The van der Waals surface area contributed by atoms with Gasteiger partial charge in [-0.25, -0.2) is 4.98 Å². The average Bonchev–Trinajstić information content (AvgIpc) is 3.21. The van der Waals surface area contributed by atoms with E-state index in [1.807, 2.05) is 18.3 Å². The molecule has 1 aromatic heterocycles. The molecule has 1 atom stereocenters. The maximum Gasteiger partial charge on any atom is 0.387 e. The summed E-state index contributed by atoms with van der Waals surface area (Å²) in [7, 11) is 1.77. The van der Waals surface area contributed by atoms with E-state index in [2.05, 4.69) is 37.2 Å². The van der Waals surface area contributed by atoms with E-state index in [-0.39, 0.29) is 35.8 Å². The molecule has 6 nitrogen and oxygen atoms in total. The van der Waals surface area contributed by atoms with Crippen LogP contribution in [0, 0.1) is 0 Å². The zero-order valence-electron chi connectivity index (χ0n) is 17.8. The largest absolute Gasteiger partial charge is 0.435 e. The van der Waals surface area contributed by atoms with E-state index in [9.17, 15) is 8.78 Å². The van der Waals surface area contributed by atoms with Crippen LogP contribution in [0.15, 0.2) is 35.5 Å². The number of nitrogens with zero attached hydrogens (tertiary/aromatic N) is 3. The van der Waals surface area contributed by atoms with Crippen molar-refractivity contribution in [3.63, 3.8) is 0 Å². The summed E-state index contributed by atoms with van der Waals surface area (Å²) in [6, 6.07) is 7.08. The third kappa shape index (κ3) is 8.06. The molecule has 31 heavy (non-hydrogen) atoms. The molecule has 3 rings (SSSR count). The average molecular weight is 565 g/mol. The molecule has 172 valence electrons. The molecule has 2 N–H and O–H groups in total. The fourth-order valence-electron chi connectivity index (χ4n) is 3.47. The molecule has 0 aliphatic carbocycles. The van der Waals surface area contributed by atoms with Crippen LogP contribution in [0.1, 0.15) is 29.7 Å². The molecule has 1 fully saturated rings. The van der Waals surface area contributed by atoms with Crippen LogP contribution in [0.3, 0.4) is 0 Å². The summed E-state index contributed by atoms with van der Waals surface area (Å²) in [5.74, 6) is 0.964. The first-order valence-corrected chi connectivity index (χ1v) is 11.1. The minimum absolute atomic E-state index is 0. The van der Waals surface area contributed by atoms with Crippen molar-refractivity contribution in [2.45, 2.75) is 45.3 Å². The molecular formula is C21H30F2IN5OS. The van der Waals surface area contributed by atoms with Crippen molar-refractivity contribution in [3.8, 4) is 5.75 Å². The quantitative estimate of drug-likeness (QED) is 0.284. The number of hydrogen-bond acceptors (Lipinski definition) is 5. The molecule has 1 aromatic carbocycles. The Morgan fingerprint density at radius 1 is 1.35 bits per heavy atom. The Bertz CT molecular complexity index is 818. The molecule has 1 unspecified atom stereocenters. The molecule has 0 saturated carbocycles. The summed E-state index contributed by atoms with van der Waals surface area (Å²) in [5.41, 5.74) is 1.00. The number of aryl methyl sites for hydroxylation is 1. The van der Waals surface area contributed by atoms with E-state index in [1.165, 1.54) is 4.88 Å². The van der Waals surface area contributed by atoms with Crippen molar-refractivity contribution in [1.82, 2.24) is 15.6 Å². The number of piperidine rings is 1. The second kappa shape index (κ2) is 13.0. The maximum absolute atomic E-state index is 12.3. The van der Waals surface area contributed by atoms with Gasteiger partial charge >= 0.3 is 6.61 Å². The molecule has 10 heteroatoms. The summed E-state index contributed by atoms with van der Waals surface area (Å²) in [4.78, 5) is 12.4. The van der Waals surface area contributed by atoms with E-state index in [4.69, 9.17) is 0 Å². The fraction of sp³-hybridized carbons (Fsp3) is 0.524. The number of alkyl halides is 2. The van der Waals surface area contributed by atoms with Gasteiger partial charge in [-0.3, -0.25) is 4.99 Å². The Labute approximate surface area is 203 Å². The SMILES string of the molecule is CCc1cnc(CCNC(=NC)NC2CCCN(c3ccc(OC(F)F)cc3)C2)s1.I. The number of guanidine groups is 1. The van der Waals surface area contributed by atoms with Crippen LogP contribution >= 0.6 is 35.3 Å². The van der Waals surface area contributed by atoms with Crippen LogP contribution in [0.5, 0.6) is 5.75 Å². The van der Waals surface area contributed by atoms with Gasteiger partial charge in [0, 0.05) is 55.9 Å². The van der Waals surface area contributed by atoms with Gasteiger partial charge < -0.3 is 20.3 Å². The summed E-state index contributed by atoms with van der Waals surface area (Å²) in [6.07, 6.45) is 5.94. The van der Waals surface area contributed by atoms with E-state index in [1.54, 1.807) is 30.5 Å². The first-order valence-electron chi connectivity index (χ1n) is 10.3. The molecule has 2 aromatic rings. The van der Waals surface area contributed by atoms with Crippen molar-refractivity contribution in [2.24, 2.45) is 4.99 Å². The third-order valence-corrected chi connectivity index (χ3v) is 6.20. The van der Waals surface area contributed by atoms with Gasteiger partial charge in [-0.15, -0.1) is 35.3 Å². The zero-order chi connectivity index (χ0) is 21.3. The standard InChI is InChI=1S/C21H29F2N5OS.HI/c1-3-18-13-26-19(30-18)10-11-25-21(24-2)27-15-5-4-12-28(14-15)16-6-8-17(9-7-16)29-20(22)23;/h6-9,13,15,20H,3-5,10-12,14H2,1-2H3,(H2,24,25,27);1H. The van der Waals surface area contributed by atoms with Crippen LogP contribution in [0.4, 0.5) is 14.5 Å². The summed E-state index contributed by atoms with van der Waals surface area (Å²) in [5, 5.41) is 8.01. The van der Waals surface area contributed by atoms with Crippen molar-refractivity contribution < 1.29 is 13.5 Å². The highest BCUT2D eigenvalue weighted by Crippen LogP contribution is 2.24. The first kappa shape index (κ1) is 25.6. The number of thiazole rings is 1. The van der Waals surface area contributed by atoms with Gasteiger partial charge in [0.1, 0.15) is 5.75 Å². The lowest BCUT2D eigenvalue weighted by molar-refractivity contribution is -0.0498. The second-order valence-electron chi connectivity index (χ2n) is 7.12. The number of hydrogen-bond donors (Lipinski definition) is 2. The predicted octanol–water partition coefficient (Wildman–Crippen LogP) is 4.30. The molecule has 0 amide bonds. The number of nitrogens with one attached hydrogen (secondary N) is 2. The van der Waals surface area contributed by atoms with E-state index in [0.717, 1.165) is 62.0 Å². The highest BCUT2D eigenvalue weighted by molar-refractivity contribution is 14.0. The lowest BCUT2D eigenvalue weighted by Gasteiger charge is -2.35. The minimum atomic E-state index is -2.80. The van der Waals surface area contributed by atoms with Crippen molar-refractivity contribution >= 4 is 47.0 Å². The predicted molar refractivity (Wildman–Crippen MR) is 133 cm³/mol. The molecule has 0 radical (unpaired) electrons. The van der Waals surface area contributed by atoms with Gasteiger partial charge in [0.15, 0.2) is 5.96 Å². The number of aliphatic imine (C=N–C) groups is 1. The Balaban J connectivity index is 0.00000341. The van der Waals surface area contributed by atoms with Gasteiger partial charge in [0.25, 0.3) is 0 Å². The normalized spacial score (nSPS) is 16.7. The number of benzene rings is 1. The monoisotopic (exact) mass is 565 g/mol. The van der Waals surface area contributed by atoms with Gasteiger partial charge in [-0.2, -0.15) is 8.78 Å². The highest BCUT2D eigenvalue weighted by Gasteiger charge is 2.21. The molecule has 1 aliphatic heterocycles. The molecule has 1 saturated heterocycles. The Kier molecular flexibility index (Phi) is 10.7. The molecular weight excluding hydrogens is 535 g/mol. The van der Waals surface area contributed by atoms with Gasteiger partial charge in [-0.1, -0.05) is 6.92 Å². The third-order valence-electron chi connectivity index (χ3n) is 4.99. The molecule has 1 aliphatic rings. The highest BCUT2D eigenvalue weighted by atomic mass is 127. The summed E-state index contributed by atoms with van der Waals surface area (Å²) < 4.78 is 29.1. The van der Waals surface area contributed by atoms with Crippen LogP contribution in [0.25, 0.3) is 0 Å².